The van der Waals surface area contributed by atoms with Gasteiger partial charge in [-0.3, -0.25) is 4.79 Å². The highest BCUT2D eigenvalue weighted by Crippen LogP contribution is 2.20. The van der Waals surface area contributed by atoms with Crippen LogP contribution in [0.1, 0.15) is 25.3 Å². The number of rotatable bonds is 6. The summed E-state index contributed by atoms with van der Waals surface area (Å²) in [5.74, 6) is 0.706. The number of unbranched alkanes of at least 4 members (excludes halogenated alkanes) is 1. The second-order valence-corrected chi connectivity index (χ2v) is 5.05. The molecule has 0 aromatic heterocycles. The van der Waals surface area contributed by atoms with Gasteiger partial charge in [-0.2, -0.15) is 0 Å². The van der Waals surface area contributed by atoms with Gasteiger partial charge in [-0.15, -0.1) is 0 Å². The molecule has 0 aliphatic rings. The third kappa shape index (κ3) is 5.91. The van der Waals surface area contributed by atoms with Crippen molar-refractivity contribution in [1.82, 2.24) is 0 Å². The Morgan fingerprint density at radius 2 is 2.00 bits per heavy atom. The summed E-state index contributed by atoms with van der Waals surface area (Å²) in [7, 11) is 0. The molecule has 0 spiro atoms. The van der Waals surface area contributed by atoms with Crippen LogP contribution in [0.4, 0.5) is 0 Å². The first-order valence-corrected chi connectivity index (χ1v) is 6.70. The van der Waals surface area contributed by atoms with E-state index in [1.165, 1.54) is 10.5 Å². The largest absolute Gasteiger partial charge is 0.493 e. The van der Waals surface area contributed by atoms with Crippen LogP contribution >= 0.6 is 22.6 Å². The Morgan fingerprint density at radius 1 is 1.29 bits per heavy atom. The van der Waals surface area contributed by atoms with Crippen molar-refractivity contribution in [2.24, 2.45) is 0 Å². The van der Waals surface area contributed by atoms with Gasteiger partial charge >= 0.3 is 5.97 Å². The van der Waals surface area contributed by atoms with Crippen molar-refractivity contribution >= 4 is 28.6 Å². The molecule has 0 atom stereocenters. The van der Waals surface area contributed by atoms with Crippen LogP contribution in [0.2, 0.25) is 0 Å². The van der Waals surface area contributed by atoms with E-state index in [9.17, 15) is 4.79 Å². The molecule has 94 valence electrons. The van der Waals surface area contributed by atoms with E-state index in [1.54, 1.807) is 0 Å². The number of hydrogen-bond donors (Lipinski definition) is 0. The molecular formula is C13H17IO3. The highest BCUT2D eigenvalue weighted by Gasteiger charge is 2.00. The lowest BCUT2D eigenvalue weighted by molar-refractivity contribution is -0.141. The maximum absolute atomic E-state index is 10.5. The highest BCUT2D eigenvalue weighted by molar-refractivity contribution is 14.1. The van der Waals surface area contributed by atoms with E-state index in [2.05, 4.69) is 28.7 Å². The van der Waals surface area contributed by atoms with Gasteiger partial charge in [0, 0.05) is 10.5 Å². The molecule has 0 heterocycles. The molecule has 0 aliphatic carbocycles. The van der Waals surface area contributed by atoms with E-state index in [4.69, 9.17) is 9.47 Å². The first-order chi connectivity index (χ1) is 8.09. The molecule has 17 heavy (non-hydrogen) atoms. The summed E-state index contributed by atoms with van der Waals surface area (Å²) in [5.41, 5.74) is 1.15. The summed E-state index contributed by atoms with van der Waals surface area (Å²) >= 11 is 2.28. The zero-order valence-corrected chi connectivity index (χ0v) is 12.3. The fourth-order valence-corrected chi connectivity index (χ4v) is 2.02. The lowest BCUT2D eigenvalue weighted by atomic mass is 10.2. The van der Waals surface area contributed by atoms with Crippen LogP contribution in [-0.2, 0) is 9.53 Å². The minimum Gasteiger partial charge on any atom is -0.493 e. The van der Waals surface area contributed by atoms with E-state index in [0.29, 0.717) is 13.2 Å². The summed E-state index contributed by atoms with van der Waals surface area (Å²) in [6, 6.07) is 6.11. The minimum absolute atomic E-state index is 0.223. The minimum atomic E-state index is -0.223. The molecule has 1 aromatic rings. The van der Waals surface area contributed by atoms with Crippen molar-refractivity contribution in [2.45, 2.75) is 26.7 Å². The Morgan fingerprint density at radius 3 is 2.65 bits per heavy atom. The normalized spacial score (nSPS) is 10.1. The maximum atomic E-state index is 10.5. The lowest BCUT2D eigenvalue weighted by Crippen LogP contribution is -2.04. The summed E-state index contributed by atoms with van der Waals surface area (Å²) in [5, 5.41) is 0. The van der Waals surface area contributed by atoms with Crippen LogP contribution in [0.5, 0.6) is 5.75 Å². The second kappa shape index (κ2) is 7.53. The third-order valence-electron chi connectivity index (χ3n) is 2.24. The van der Waals surface area contributed by atoms with Crippen LogP contribution in [0.3, 0.4) is 0 Å². The predicted octanol–water partition coefficient (Wildman–Crippen LogP) is 3.32. The van der Waals surface area contributed by atoms with Gasteiger partial charge in [0.15, 0.2) is 0 Å². The first kappa shape index (κ1) is 14.3. The monoisotopic (exact) mass is 348 g/mol. The Kier molecular flexibility index (Phi) is 6.32. The van der Waals surface area contributed by atoms with Gasteiger partial charge in [-0.1, -0.05) is 0 Å². The summed E-state index contributed by atoms with van der Waals surface area (Å²) in [6.45, 7) is 4.59. The van der Waals surface area contributed by atoms with E-state index in [-0.39, 0.29) is 5.97 Å². The van der Waals surface area contributed by atoms with Gasteiger partial charge in [0.2, 0.25) is 0 Å². The molecule has 4 heteroatoms. The summed E-state index contributed by atoms with van der Waals surface area (Å²) in [6.07, 6.45) is 1.72. The number of halogens is 1. The van der Waals surface area contributed by atoms with Crippen molar-refractivity contribution < 1.29 is 14.3 Å². The fourth-order valence-electron chi connectivity index (χ4n) is 1.38. The Hall–Kier alpha value is -0.780. The average molecular weight is 348 g/mol. The smallest absolute Gasteiger partial charge is 0.302 e. The second-order valence-electron chi connectivity index (χ2n) is 3.81. The number of carbonyl (C=O) groups excluding carboxylic acids is 1. The van der Waals surface area contributed by atoms with E-state index in [0.717, 1.165) is 24.2 Å². The molecule has 0 aliphatic heterocycles. The Balaban J connectivity index is 2.20. The van der Waals surface area contributed by atoms with Crippen LogP contribution < -0.4 is 4.74 Å². The molecule has 1 rings (SSSR count). The van der Waals surface area contributed by atoms with Gasteiger partial charge in [-0.05, 0) is 66.1 Å². The van der Waals surface area contributed by atoms with Gasteiger partial charge < -0.3 is 9.47 Å². The number of aryl methyl sites for hydroxylation is 1. The van der Waals surface area contributed by atoms with Gasteiger partial charge in [0.05, 0.1) is 13.2 Å². The van der Waals surface area contributed by atoms with Crippen molar-refractivity contribution in [2.75, 3.05) is 13.2 Å². The molecule has 0 unspecified atom stereocenters. The van der Waals surface area contributed by atoms with E-state index in [1.807, 2.05) is 19.1 Å². The molecule has 0 radical (unpaired) electrons. The van der Waals surface area contributed by atoms with Crippen molar-refractivity contribution in [3.63, 3.8) is 0 Å². The molecule has 0 saturated heterocycles. The highest BCUT2D eigenvalue weighted by atomic mass is 127. The Labute approximate surface area is 116 Å². The van der Waals surface area contributed by atoms with E-state index >= 15 is 0 Å². The first-order valence-electron chi connectivity index (χ1n) is 5.62. The van der Waals surface area contributed by atoms with Gasteiger partial charge in [0.1, 0.15) is 5.75 Å². The number of esters is 1. The standard InChI is InChI=1S/C13H17IO3/c1-10-9-12(14)5-6-13(10)17-8-4-3-7-16-11(2)15/h5-6,9H,3-4,7-8H2,1-2H3. The summed E-state index contributed by atoms with van der Waals surface area (Å²) < 4.78 is 11.7. The van der Waals surface area contributed by atoms with Gasteiger partial charge in [-0.25, -0.2) is 0 Å². The quantitative estimate of drug-likeness (QED) is 0.450. The predicted molar refractivity (Wildman–Crippen MR) is 75.3 cm³/mol. The topological polar surface area (TPSA) is 35.5 Å². The average Bonchev–Trinajstić information content (AvgIpc) is 2.25. The number of ether oxygens (including phenoxy) is 2. The number of benzene rings is 1. The SMILES string of the molecule is CC(=O)OCCCCOc1ccc(I)cc1C. The van der Waals surface area contributed by atoms with Crippen LogP contribution in [-0.4, -0.2) is 19.2 Å². The molecule has 0 fully saturated rings. The van der Waals surface area contributed by atoms with Crippen LogP contribution in [0.15, 0.2) is 18.2 Å². The molecule has 1 aromatic carbocycles. The molecule has 0 bridgehead atoms. The maximum Gasteiger partial charge on any atom is 0.302 e. The van der Waals surface area contributed by atoms with Crippen LogP contribution in [0, 0.1) is 10.5 Å². The summed E-state index contributed by atoms with van der Waals surface area (Å²) in [4.78, 5) is 10.5. The molecule has 0 saturated carbocycles. The van der Waals surface area contributed by atoms with Crippen molar-refractivity contribution in [3.8, 4) is 5.75 Å². The molecular weight excluding hydrogens is 331 g/mol. The van der Waals surface area contributed by atoms with E-state index < -0.39 is 0 Å². The fraction of sp³-hybridized carbons (Fsp3) is 0.462. The van der Waals surface area contributed by atoms with Crippen molar-refractivity contribution in [3.05, 3.63) is 27.3 Å². The third-order valence-corrected chi connectivity index (χ3v) is 2.91. The van der Waals surface area contributed by atoms with Crippen molar-refractivity contribution in [1.29, 1.82) is 0 Å². The van der Waals surface area contributed by atoms with Crippen LogP contribution in [0.25, 0.3) is 0 Å². The number of carbonyl (C=O) groups is 1. The lowest BCUT2D eigenvalue weighted by Gasteiger charge is -2.09. The number of hydrogen-bond acceptors (Lipinski definition) is 3. The molecule has 0 amide bonds. The molecule has 3 nitrogen and oxygen atoms in total. The van der Waals surface area contributed by atoms with Gasteiger partial charge in [0.25, 0.3) is 0 Å². The zero-order valence-electron chi connectivity index (χ0n) is 10.2. The molecule has 0 N–H and O–H groups in total. The zero-order chi connectivity index (χ0) is 12.7. The Bertz CT molecular complexity index is 377.